The van der Waals surface area contributed by atoms with Crippen molar-refractivity contribution in [1.82, 2.24) is 29.5 Å². The number of hydrogen-bond acceptors (Lipinski definition) is 5. The number of nitrogens with one attached hydrogen (secondary N) is 1. The molecule has 10 heteroatoms. The van der Waals surface area contributed by atoms with Crippen molar-refractivity contribution in [2.45, 2.75) is 57.7 Å². The first-order valence-electron chi connectivity index (χ1n) is 12.7. The summed E-state index contributed by atoms with van der Waals surface area (Å²) in [5.74, 6) is -0.251. The number of likely N-dealkylation sites (tertiary alicyclic amines) is 1. The van der Waals surface area contributed by atoms with Gasteiger partial charge in [-0.15, -0.1) is 0 Å². The minimum absolute atomic E-state index is 0.0487. The Morgan fingerprint density at radius 1 is 1.06 bits per heavy atom. The molecule has 5 heterocycles. The van der Waals surface area contributed by atoms with Gasteiger partial charge >= 0.3 is 0 Å². The van der Waals surface area contributed by atoms with Crippen molar-refractivity contribution in [2.24, 2.45) is 0 Å². The fraction of sp³-hybridized carbons (Fsp3) is 0.462. The van der Waals surface area contributed by atoms with Crippen LogP contribution < -0.4 is 5.32 Å². The first-order chi connectivity index (χ1) is 17.6. The van der Waals surface area contributed by atoms with Crippen molar-refractivity contribution < 1.29 is 14.3 Å². The molecule has 3 aliphatic heterocycles. The van der Waals surface area contributed by atoms with Gasteiger partial charge in [0, 0.05) is 25.2 Å². The van der Waals surface area contributed by atoms with Gasteiger partial charge in [-0.3, -0.25) is 9.59 Å². The number of amides is 2. The molecule has 0 radical (unpaired) electrons. The topological polar surface area (TPSA) is 94.3 Å². The van der Waals surface area contributed by atoms with Crippen molar-refractivity contribution >= 4 is 23.4 Å². The van der Waals surface area contributed by atoms with Gasteiger partial charge in [0.25, 0.3) is 11.8 Å². The van der Waals surface area contributed by atoms with Crippen LogP contribution in [-0.4, -0.2) is 55.7 Å². The number of fused-ring (bicyclic) bond motifs is 2. The lowest BCUT2D eigenvalue weighted by atomic mass is 10.0. The number of ether oxygens (including phenoxy) is 1. The van der Waals surface area contributed by atoms with E-state index in [1.54, 1.807) is 23.3 Å². The molecule has 9 nitrogen and oxygen atoms in total. The number of imidazole rings is 1. The number of hydrogen-bond donors (Lipinski definition) is 1. The SMILES string of the molecule is O=C(N[C@H]1COCc2c1cnn2-c1cccc(C(=O)N2CCCCC2)c1Cl)c1ncn2c1CCCC2. The van der Waals surface area contributed by atoms with Gasteiger partial charge in [0.05, 0.1) is 59.4 Å². The summed E-state index contributed by atoms with van der Waals surface area (Å²) in [5, 5.41) is 8.05. The third-order valence-corrected chi connectivity index (χ3v) is 7.81. The lowest BCUT2D eigenvalue weighted by Crippen LogP contribution is -2.36. The highest BCUT2D eigenvalue weighted by atomic mass is 35.5. The summed E-state index contributed by atoms with van der Waals surface area (Å²) in [6.07, 6.45) is 9.72. The summed E-state index contributed by atoms with van der Waals surface area (Å²) in [7, 11) is 0. The number of carbonyl (C=O) groups excluding carboxylic acids is 2. The minimum atomic E-state index is -0.354. The number of aryl methyl sites for hydroxylation is 1. The summed E-state index contributed by atoms with van der Waals surface area (Å²) in [4.78, 5) is 32.5. The smallest absolute Gasteiger partial charge is 0.272 e. The molecule has 0 spiro atoms. The molecule has 1 saturated heterocycles. The second-order valence-corrected chi connectivity index (χ2v) is 10.1. The second kappa shape index (κ2) is 9.71. The highest BCUT2D eigenvalue weighted by Crippen LogP contribution is 2.32. The van der Waals surface area contributed by atoms with E-state index in [4.69, 9.17) is 16.3 Å². The lowest BCUT2D eigenvalue weighted by molar-refractivity contribution is 0.0683. The Labute approximate surface area is 214 Å². The van der Waals surface area contributed by atoms with Crippen LogP contribution in [0.15, 0.2) is 30.7 Å². The molecule has 36 heavy (non-hydrogen) atoms. The molecule has 0 unspecified atom stereocenters. The Morgan fingerprint density at radius 2 is 1.89 bits per heavy atom. The fourth-order valence-electron chi connectivity index (χ4n) is 5.48. The maximum absolute atomic E-state index is 13.2. The summed E-state index contributed by atoms with van der Waals surface area (Å²) in [6.45, 7) is 3.10. The molecule has 1 atom stereocenters. The highest BCUT2D eigenvalue weighted by Gasteiger charge is 2.30. The number of piperidine rings is 1. The molecule has 188 valence electrons. The molecule has 0 saturated carbocycles. The molecule has 2 aromatic heterocycles. The first kappa shape index (κ1) is 23.2. The highest BCUT2D eigenvalue weighted by molar-refractivity contribution is 6.35. The van der Waals surface area contributed by atoms with Crippen LogP contribution in [0.2, 0.25) is 5.02 Å². The third-order valence-electron chi connectivity index (χ3n) is 7.41. The van der Waals surface area contributed by atoms with Crippen molar-refractivity contribution in [3.8, 4) is 5.69 Å². The molecule has 1 aromatic carbocycles. The molecular formula is C26H29ClN6O3. The molecule has 6 rings (SSSR count). The average molecular weight is 509 g/mol. The Bertz CT molecular complexity index is 1310. The van der Waals surface area contributed by atoms with Gasteiger partial charge in [-0.1, -0.05) is 17.7 Å². The largest absolute Gasteiger partial charge is 0.373 e. The van der Waals surface area contributed by atoms with E-state index in [0.717, 1.165) is 75.1 Å². The van der Waals surface area contributed by atoms with Crippen LogP contribution in [-0.2, 0) is 24.3 Å². The van der Waals surface area contributed by atoms with Gasteiger partial charge in [0.1, 0.15) is 5.69 Å². The molecule has 1 N–H and O–H groups in total. The van der Waals surface area contributed by atoms with E-state index in [2.05, 4.69) is 20.0 Å². The molecule has 0 aliphatic carbocycles. The number of benzene rings is 1. The normalized spacial score (nSPS) is 19.5. The van der Waals surface area contributed by atoms with E-state index >= 15 is 0 Å². The van der Waals surface area contributed by atoms with E-state index in [9.17, 15) is 9.59 Å². The van der Waals surface area contributed by atoms with Gasteiger partial charge in [-0.2, -0.15) is 5.10 Å². The van der Waals surface area contributed by atoms with E-state index in [0.29, 0.717) is 35.2 Å². The predicted molar refractivity (Wildman–Crippen MR) is 133 cm³/mol. The van der Waals surface area contributed by atoms with E-state index in [1.165, 1.54) is 0 Å². The zero-order valence-corrected chi connectivity index (χ0v) is 20.8. The third kappa shape index (κ3) is 4.10. The van der Waals surface area contributed by atoms with E-state index in [1.807, 2.05) is 17.0 Å². The van der Waals surface area contributed by atoms with Crippen LogP contribution in [0.1, 0.15) is 75.9 Å². The summed E-state index contributed by atoms with van der Waals surface area (Å²) >= 11 is 6.78. The van der Waals surface area contributed by atoms with Gasteiger partial charge in [0.2, 0.25) is 0 Å². The van der Waals surface area contributed by atoms with Crippen LogP contribution in [0.3, 0.4) is 0 Å². The average Bonchev–Trinajstić information content (AvgIpc) is 3.54. The molecule has 0 bridgehead atoms. The maximum atomic E-state index is 13.2. The van der Waals surface area contributed by atoms with Gasteiger partial charge in [0.15, 0.2) is 0 Å². The van der Waals surface area contributed by atoms with Gasteiger partial charge < -0.3 is 19.5 Å². The molecule has 2 amide bonds. The summed E-state index contributed by atoms with van der Waals surface area (Å²) in [6, 6.07) is 5.09. The first-order valence-corrected chi connectivity index (χ1v) is 13.1. The maximum Gasteiger partial charge on any atom is 0.272 e. The van der Waals surface area contributed by atoms with E-state index < -0.39 is 0 Å². The van der Waals surface area contributed by atoms with Crippen molar-refractivity contribution in [1.29, 1.82) is 0 Å². The minimum Gasteiger partial charge on any atom is -0.373 e. The summed E-state index contributed by atoms with van der Waals surface area (Å²) in [5.41, 5.74) is 4.27. The van der Waals surface area contributed by atoms with Crippen LogP contribution in [0.25, 0.3) is 5.69 Å². The molecular weight excluding hydrogens is 480 g/mol. The van der Waals surface area contributed by atoms with Crippen LogP contribution in [0.4, 0.5) is 0 Å². The standard InChI is InChI=1S/C26H29ClN6O3/c27-23-17(26(35)31-10-3-1-4-11-31)7-6-9-20(23)33-22-15-36-14-19(18(22)13-29-33)30-25(34)24-21-8-2-5-12-32(21)16-28-24/h6-7,9,13,16,19H,1-5,8,10-12,14-15H2,(H,30,34)/t19-/m0/s1. The Balaban J connectivity index is 1.26. The van der Waals surface area contributed by atoms with Gasteiger partial charge in [-0.25, -0.2) is 9.67 Å². The molecule has 3 aromatic rings. The number of carbonyl (C=O) groups is 2. The number of aromatic nitrogens is 4. The quantitative estimate of drug-likeness (QED) is 0.580. The zero-order valence-electron chi connectivity index (χ0n) is 20.1. The van der Waals surface area contributed by atoms with Crippen molar-refractivity contribution in [2.75, 3.05) is 19.7 Å². The fourth-order valence-corrected chi connectivity index (χ4v) is 5.77. The van der Waals surface area contributed by atoms with Crippen LogP contribution in [0.5, 0.6) is 0 Å². The Morgan fingerprint density at radius 3 is 2.75 bits per heavy atom. The number of nitrogens with zero attached hydrogens (tertiary/aromatic N) is 5. The molecule has 1 fully saturated rings. The van der Waals surface area contributed by atoms with Crippen LogP contribution in [0, 0.1) is 0 Å². The van der Waals surface area contributed by atoms with Crippen molar-refractivity contribution in [3.05, 3.63) is 64.0 Å². The Hall–Kier alpha value is -3.17. The van der Waals surface area contributed by atoms with E-state index in [-0.39, 0.29) is 17.9 Å². The van der Waals surface area contributed by atoms with Crippen molar-refractivity contribution in [3.63, 3.8) is 0 Å². The zero-order chi connectivity index (χ0) is 24.6. The Kier molecular flexibility index (Phi) is 6.27. The second-order valence-electron chi connectivity index (χ2n) is 9.68. The molecule has 3 aliphatic rings. The predicted octanol–water partition coefficient (Wildman–Crippen LogP) is 3.69. The summed E-state index contributed by atoms with van der Waals surface area (Å²) < 4.78 is 9.65. The lowest BCUT2D eigenvalue weighted by Gasteiger charge is -2.27. The monoisotopic (exact) mass is 508 g/mol. The van der Waals surface area contributed by atoms with Gasteiger partial charge in [-0.05, 0) is 50.7 Å². The number of halogens is 1. The number of rotatable bonds is 4. The van der Waals surface area contributed by atoms with Crippen LogP contribution >= 0.6 is 11.6 Å².